The van der Waals surface area contributed by atoms with Gasteiger partial charge in [0, 0.05) is 61.0 Å². The lowest BCUT2D eigenvalue weighted by atomic mass is 9.98. The lowest BCUT2D eigenvalue weighted by Crippen LogP contribution is -2.45. The molecule has 0 saturated carbocycles. The molecule has 0 spiro atoms. The molecular weight excluding hydrogens is 366 g/mol. The van der Waals surface area contributed by atoms with Crippen LogP contribution in [0.2, 0.25) is 0 Å². The minimum absolute atomic E-state index is 0.0400. The van der Waals surface area contributed by atoms with Crippen LogP contribution in [-0.4, -0.2) is 72.2 Å². The first kappa shape index (κ1) is 21.1. The van der Waals surface area contributed by atoms with E-state index >= 15 is 0 Å². The molecule has 1 aliphatic rings. The summed E-state index contributed by atoms with van der Waals surface area (Å²) in [5, 5.41) is 25.1. The molecular formula is C23H31N3O3. The van der Waals surface area contributed by atoms with Gasteiger partial charge in [0.25, 0.3) is 0 Å². The highest BCUT2D eigenvalue weighted by atomic mass is 16.3. The third-order valence-corrected chi connectivity index (χ3v) is 5.61. The molecule has 6 heteroatoms. The summed E-state index contributed by atoms with van der Waals surface area (Å²) in [4.78, 5) is 16.8. The molecule has 2 aromatic carbocycles. The number of fused-ring (bicyclic) bond motifs is 1. The van der Waals surface area contributed by atoms with Crippen molar-refractivity contribution in [3.05, 3.63) is 41.5 Å². The minimum Gasteiger partial charge on any atom is -0.507 e. The summed E-state index contributed by atoms with van der Waals surface area (Å²) in [5.41, 5.74) is 1.15. The van der Waals surface area contributed by atoms with Gasteiger partial charge >= 0.3 is 0 Å². The number of phenols is 2. The van der Waals surface area contributed by atoms with Crippen LogP contribution in [-0.2, 0) is 4.79 Å². The van der Waals surface area contributed by atoms with Crippen molar-refractivity contribution in [1.29, 1.82) is 0 Å². The Morgan fingerprint density at radius 1 is 1.10 bits per heavy atom. The summed E-state index contributed by atoms with van der Waals surface area (Å²) < 4.78 is 0. The molecule has 1 aliphatic heterocycles. The number of phenolic OH excluding ortho intramolecular Hbond substituents is 2. The zero-order valence-corrected chi connectivity index (χ0v) is 17.3. The van der Waals surface area contributed by atoms with E-state index in [9.17, 15) is 15.0 Å². The van der Waals surface area contributed by atoms with Gasteiger partial charge in [-0.05, 0) is 26.9 Å². The number of nitrogens with one attached hydrogen (secondary N) is 1. The predicted octanol–water partition coefficient (Wildman–Crippen LogP) is 2.72. The number of piperazine rings is 1. The number of rotatable bonds is 7. The van der Waals surface area contributed by atoms with Crippen molar-refractivity contribution in [3.63, 3.8) is 0 Å². The third-order valence-electron chi connectivity index (χ3n) is 5.61. The van der Waals surface area contributed by atoms with Crippen LogP contribution in [0.3, 0.4) is 0 Å². The minimum atomic E-state index is -0.0400. The maximum atomic E-state index is 12.1. The molecule has 3 N–H and O–H groups in total. The molecule has 2 aromatic rings. The Bertz CT molecular complexity index is 887. The van der Waals surface area contributed by atoms with Gasteiger partial charge in [0.1, 0.15) is 11.5 Å². The predicted molar refractivity (Wildman–Crippen MR) is 117 cm³/mol. The number of hydrogen-bond acceptors (Lipinski definition) is 5. The Morgan fingerprint density at radius 3 is 2.45 bits per heavy atom. The summed E-state index contributed by atoms with van der Waals surface area (Å²) >= 11 is 0. The van der Waals surface area contributed by atoms with Crippen molar-refractivity contribution in [2.75, 3.05) is 46.3 Å². The molecule has 1 saturated heterocycles. The first-order valence-electron chi connectivity index (χ1n) is 10.2. The smallest absolute Gasteiger partial charge is 0.223 e. The fourth-order valence-corrected chi connectivity index (χ4v) is 3.71. The molecule has 0 aromatic heterocycles. The molecule has 1 heterocycles. The van der Waals surface area contributed by atoms with Gasteiger partial charge in [-0.3, -0.25) is 4.79 Å². The fraction of sp³-hybridized carbons (Fsp3) is 0.435. The Kier molecular flexibility index (Phi) is 7.12. The highest BCUT2D eigenvalue weighted by Crippen LogP contribution is 2.39. The number of aromatic hydroxyl groups is 2. The topological polar surface area (TPSA) is 76.0 Å². The van der Waals surface area contributed by atoms with Crippen LogP contribution < -0.4 is 5.32 Å². The average molecular weight is 398 g/mol. The first-order valence-corrected chi connectivity index (χ1v) is 10.2. The normalized spacial score (nSPS) is 15.9. The van der Waals surface area contributed by atoms with Crippen molar-refractivity contribution in [1.82, 2.24) is 15.1 Å². The monoisotopic (exact) mass is 397 g/mol. The van der Waals surface area contributed by atoms with Gasteiger partial charge in [0.05, 0.1) is 0 Å². The first-order chi connectivity index (χ1) is 14.0. The molecule has 0 aliphatic carbocycles. The van der Waals surface area contributed by atoms with E-state index in [4.69, 9.17) is 0 Å². The quantitative estimate of drug-likeness (QED) is 0.495. The molecule has 0 bridgehead atoms. The van der Waals surface area contributed by atoms with Crippen LogP contribution in [0.1, 0.15) is 24.0 Å². The van der Waals surface area contributed by atoms with Crippen LogP contribution in [0, 0.1) is 6.92 Å². The second kappa shape index (κ2) is 9.76. The van der Waals surface area contributed by atoms with Crippen molar-refractivity contribution >= 4 is 22.8 Å². The molecule has 0 radical (unpaired) electrons. The van der Waals surface area contributed by atoms with E-state index in [1.165, 1.54) is 0 Å². The summed E-state index contributed by atoms with van der Waals surface area (Å²) in [5.74, 6) is 0.243. The van der Waals surface area contributed by atoms with Gasteiger partial charge in [-0.25, -0.2) is 0 Å². The van der Waals surface area contributed by atoms with Crippen LogP contribution in [0.15, 0.2) is 30.3 Å². The third kappa shape index (κ3) is 5.28. The van der Waals surface area contributed by atoms with Crippen molar-refractivity contribution in [2.45, 2.75) is 19.8 Å². The molecule has 0 unspecified atom stereocenters. The number of hydrogen-bond donors (Lipinski definition) is 3. The number of nitrogens with zero attached hydrogens (tertiary/aromatic N) is 2. The van der Waals surface area contributed by atoms with E-state index < -0.39 is 0 Å². The number of amides is 1. The number of likely N-dealkylation sites (N-methyl/N-ethyl adjacent to an activating group) is 1. The van der Waals surface area contributed by atoms with Gasteiger partial charge < -0.3 is 25.3 Å². The fourth-order valence-electron chi connectivity index (χ4n) is 3.71. The summed E-state index contributed by atoms with van der Waals surface area (Å²) in [6.45, 7) is 7.83. The van der Waals surface area contributed by atoms with Gasteiger partial charge in [-0.2, -0.15) is 0 Å². The van der Waals surface area contributed by atoms with E-state index in [2.05, 4.69) is 22.2 Å². The van der Waals surface area contributed by atoms with Crippen molar-refractivity contribution in [3.8, 4) is 11.5 Å². The Morgan fingerprint density at radius 2 is 1.76 bits per heavy atom. The number of benzene rings is 2. The lowest BCUT2D eigenvalue weighted by Gasteiger charge is -2.32. The van der Waals surface area contributed by atoms with Crippen LogP contribution in [0.4, 0.5) is 0 Å². The highest BCUT2D eigenvalue weighted by molar-refractivity contribution is 5.97. The van der Waals surface area contributed by atoms with E-state index in [0.29, 0.717) is 28.4 Å². The van der Waals surface area contributed by atoms with Crippen LogP contribution in [0.5, 0.6) is 11.5 Å². The molecule has 1 fully saturated rings. The number of carbonyl (C=O) groups is 1. The highest BCUT2D eigenvalue weighted by Gasteiger charge is 2.14. The maximum Gasteiger partial charge on any atom is 0.223 e. The second-order valence-electron chi connectivity index (χ2n) is 7.74. The molecule has 29 heavy (non-hydrogen) atoms. The maximum absolute atomic E-state index is 12.1. The largest absolute Gasteiger partial charge is 0.507 e. The summed E-state index contributed by atoms with van der Waals surface area (Å²) in [7, 11) is 2.14. The van der Waals surface area contributed by atoms with Gasteiger partial charge in [-0.1, -0.05) is 36.4 Å². The zero-order valence-electron chi connectivity index (χ0n) is 17.3. The average Bonchev–Trinajstić information content (AvgIpc) is 2.73. The van der Waals surface area contributed by atoms with Crippen molar-refractivity contribution < 1.29 is 15.0 Å². The Labute approximate surface area is 172 Å². The molecule has 156 valence electrons. The van der Waals surface area contributed by atoms with Gasteiger partial charge in [0.15, 0.2) is 0 Å². The Hall–Kier alpha value is -2.57. The molecule has 6 nitrogen and oxygen atoms in total. The number of carbonyl (C=O) groups excluding carboxylic acids is 1. The van der Waals surface area contributed by atoms with Crippen molar-refractivity contribution in [2.24, 2.45) is 0 Å². The second-order valence-corrected chi connectivity index (χ2v) is 7.74. The molecule has 3 rings (SSSR count). The summed E-state index contributed by atoms with van der Waals surface area (Å²) in [6.07, 6.45) is 4.62. The SMILES string of the molecule is Cc1c(/C=C/CC(=O)NCCCN2CCN(C)CC2)c(O)c2ccccc2c1O. The Balaban J connectivity index is 1.49. The van der Waals surface area contributed by atoms with E-state index in [-0.39, 0.29) is 23.8 Å². The standard InChI is InChI=1S/C23H31N3O3/c1-17-18(23(29)20-8-4-3-7-19(20)22(17)28)9-5-10-21(27)24-11-6-12-26-15-13-25(2)14-16-26/h3-5,7-9,28-29H,6,10-16H2,1-2H3,(H,24,27)/b9-5+. The van der Waals surface area contributed by atoms with Gasteiger partial charge in [-0.15, -0.1) is 0 Å². The summed E-state index contributed by atoms with van der Waals surface area (Å²) in [6, 6.07) is 7.19. The van der Waals surface area contributed by atoms with E-state index in [0.717, 1.165) is 39.1 Å². The van der Waals surface area contributed by atoms with E-state index in [1.54, 1.807) is 31.2 Å². The van der Waals surface area contributed by atoms with Gasteiger partial charge in [0.2, 0.25) is 5.91 Å². The van der Waals surface area contributed by atoms with E-state index in [1.807, 2.05) is 12.1 Å². The zero-order chi connectivity index (χ0) is 20.8. The molecule has 0 atom stereocenters. The van der Waals surface area contributed by atoms with Crippen LogP contribution >= 0.6 is 0 Å². The van der Waals surface area contributed by atoms with Crippen LogP contribution in [0.25, 0.3) is 16.8 Å². The lowest BCUT2D eigenvalue weighted by molar-refractivity contribution is -0.120. The molecule has 1 amide bonds.